The van der Waals surface area contributed by atoms with E-state index < -0.39 is 23.8 Å². The molecule has 0 radical (unpaired) electrons. The Hall–Kier alpha value is -3.81. The second kappa shape index (κ2) is 8.85. The molecule has 3 amide bonds. The number of halogens is 1. The summed E-state index contributed by atoms with van der Waals surface area (Å²) in [5.74, 6) is -1.39. The van der Waals surface area contributed by atoms with Crippen molar-refractivity contribution in [3.8, 4) is 21.8 Å². The number of fused-ring (bicyclic) bond motifs is 1. The lowest BCUT2D eigenvalue weighted by Gasteiger charge is -2.21. The van der Waals surface area contributed by atoms with Crippen LogP contribution in [0.3, 0.4) is 0 Å². The molecule has 8 heteroatoms. The summed E-state index contributed by atoms with van der Waals surface area (Å²) in [6.07, 6.45) is 0. The first kappa shape index (κ1) is 22.0. The third kappa shape index (κ3) is 3.89. The summed E-state index contributed by atoms with van der Waals surface area (Å²) in [7, 11) is 0. The zero-order chi connectivity index (χ0) is 23.8. The molecular weight excluding hydrogens is 470 g/mol. The highest BCUT2D eigenvalue weighted by Gasteiger charge is 2.40. The highest BCUT2D eigenvalue weighted by Crippen LogP contribution is 2.33. The maximum atomic E-state index is 12.9. The zero-order valence-electron chi connectivity index (χ0n) is 18.0. The number of rotatable bonds is 5. The van der Waals surface area contributed by atoms with Crippen molar-refractivity contribution in [3.05, 3.63) is 94.3 Å². The van der Waals surface area contributed by atoms with Crippen molar-refractivity contribution in [3.63, 3.8) is 0 Å². The molecule has 1 aromatic heterocycles. The normalized spacial score (nSPS) is 13.6. The molecule has 0 bridgehead atoms. The molecule has 4 aromatic rings. The van der Waals surface area contributed by atoms with Gasteiger partial charge in [-0.05, 0) is 37.3 Å². The van der Waals surface area contributed by atoms with Crippen molar-refractivity contribution in [1.29, 1.82) is 0 Å². The predicted octanol–water partition coefficient (Wildman–Crippen LogP) is 5.75. The molecule has 0 saturated carbocycles. The third-order valence-corrected chi connectivity index (χ3v) is 6.83. The summed E-state index contributed by atoms with van der Waals surface area (Å²) in [5.41, 5.74) is 3.60. The number of amides is 3. The van der Waals surface area contributed by atoms with E-state index in [0.717, 1.165) is 26.7 Å². The average Bonchev–Trinajstić information content (AvgIpc) is 3.43. The van der Waals surface area contributed by atoms with Crippen LogP contribution in [0.4, 0.5) is 5.69 Å². The van der Waals surface area contributed by atoms with Crippen LogP contribution in [0.2, 0.25) is 5.02 Å². The molecule has 34 heavy (non-hydrogen) atoms. The first-order valence-electron chi connectivity index (χ1n) is 10.5. The van der Waals surface area contributed by atoms with E-state index in [9.17, 15) is 14.4 Å². The van der Waals surface area contributed by atoms with Gasteiger partial charge in [-0.15, -0.1) is 11.3 Å². The summed E-state index contributed by atoms with van der Waals surface area (Å²) >= 11 is 7.78. The number of hydrogen-bond acceptors (Lipinski definition) is 5. The fourth-order valence-electron chi connectivity index (χ4n) is 3.84. The highest BCUT2D eigenvalue weighted by molar-refractivity contribution is 7.13. The van der Waals surface area contributed by atoms with E-state index in [1.807, 2.05) is 41.8 Å². The van der Waals surface area contributed by atoms with Crippen LogP contribution in [0, 0.1) is 0 Å². The number of carbonyl (C=O) groups excluding carboxylic acids is 3. The summed E-state index contributed by atoms with van der Waals surface area (Å²) in [4.78, 5) is 44.0. The van der Waals surface area contributed by atoms with E-state index >= 15 is 0 Å². The number of nitrogens with one attached hydrogen (secondary N) is 1. The molecule has 5 rings (SSSR count). The van der Waals surface area contributed by atoms with Gasteiger partial charge >= 0.3 is 0 Å². The van der Waals surface area contributed by atoms with Crippen molar-refractivity contribution in [1.82, 2.24) is 9.88 Å². The van der Waals surface area contributed by atoms with Crippen LogP contribution in [0.15, 0.2) is 78.2 Å². The van der Waals surface area contributed by atoms with Crippen LogP contribution in [-0.4, -0.2) is 33.6 Å². The van der Waals surface area contributed by atoms with E-state index in [0.29, 0.717) is 21.8 Å². The smallest absolute Gasteiger partial charge is 0.262 e. The van der Waals surface area contributed by atoms with Crippen LogP contribution in [0.1, 0.15) is 27.6 Å². The molecule has 1 unspecified atom stereocenters. The van der Waals surface area contributed by atoms with E-state index in [1.54, 1.807) is 36.4 Å². The molecule has 1 atom stereocenters. The minimum atomic E-state index is -0.970. The molecule has 0 spiro atoms. The minimum absolute atomic E-state index is 0.312. The minimum Gasteiger partial charge on any atom is -0.324 e. The molecular formula is C26H18ClN3O3S. The van der Waals surface area contributed by atoms with Crippen LogP contribution < -0.4 is 5.32 Å². The first-order valence-corrected chi connectivity index (χ1v) is 11.8. The Labute approximate surface area is 204 Å². The molecule has 2 heterocycles. The summed E-state index contributed by atoms with van der Waals surface area (Å²) in [6.45, 7) is 1.54. The number of benzene rings is 3. The second-order valence-corrected chi connectivity index (χ2v) is 9.05. The number of imide groups is 1. The monoisotopic (exact) mass is 487 g/mol. The van der Waals surface area contributed by atoms with E-state index in [-0.39, 0.29) is 0 Å². The Kier molecular flexibility index (Phi) is 5.73. The van der Waals surface area contributed by atoms with E-state index in [2.05, 4.69) is 5.32 Å². The van der Waals surface area contributed by atoms with Crippen LogP contribution >= 0.6 is 22.9 Å². The van der Waals surface area contributed by atoms with Gasteiger partial charge in [0.15, 0.2) is 0 Å². The molecule has 0 saturated heterocycles. The molecule has 6 nitrogen and oxygen atoms in total. The van der Waals surface area contributed by atoms with Crippen LogP contribution in [0.5, 0.6) is 0 Å². The van der Waals surface area contributed by atoms with E-state index in [1.165, 1.54) is 18.3 Å². The third-order valence-electron chi connectivity index (χ3n) is 5.63. The standard InChI is InChI=1S/C26H18ClN3O3S/c1-15(30-25(32)18-9-2-3-10-19(18)26(30)33)23(31)28-17-8-6-7-16(13-17)22-14-34-24(29-22)20-11-4-5-12-21(20)27/h2-15H,1H3,(H,28,31). The van der Waals surface area contributed by atoms with Gasteiger partial charge in [-0.3, -0.25) is 19.3 Å². The SMILES string of the molecule is CC(C(=O)Nc1cccc(-c2csc(-c3ccccc3Cl)n2)c1)N1C(=O)c2ccccc2C1=O. The molecule has 3 aromatic carbocycles. The highest BCUT2D eigenvalue weighted by atomic mass is 35.5. The van der Waals surface area contributed by atoms with Gasteiger partial charge in [-0.1, -0.05) is 54.1 Å². The number of thiazole rings is 1. The Morgan fingerprint density at radius 3 is 2.26 bits per heavy atom. The quantitative estimate of drug-likeness (QED) is 0.363. The second-order valence-electron chi connectivity index (χ2n) is 7.79. The Bertz CT molecular complexity index is 1410. The van der Waals surface area contributed by atoms with Crippen molar-refractivity contribution in [2.45, 2.75) is 13.0 Å². The number of nitrogens with zero attached hydrogens (tertiary/aromatic N) is 2. The molecule has 1 N–H and O–H groups in total. The van der Waals surface area contributed by atoms with Crippen molar-refractivity contribution in [2.75, 3.05) is 5.32 Å². The van der Waals surface area contributed by atoms with Crippen LogP contribution in [-0.2, 0) is 4.79 Å². The lowest BCUT2D eigenvalue weighted by atomic mass is 10.1. The zero-order valence-corrected chi connectivity index (χ0v) is 19.6. The molecule has 0 aliphatic carbocycles. The maximum Gasteiger partial charge on any atom is 0.262 e. The largest absolute Gasteiger partial charge is 0.324 e. The number of anilines is 1. The number of carbonyl (C=O) groups is 3. The Morgan fingerprint density at radius 1 is 0.941 bits per heavy atom. The number of hydrogen-bond donors (Lipinski definition) is 1. The van der Waals surface area contributed by atoms with Gasteiger partial charge in [0.25, 0.3) is 11.8 Å². The summed E-state index contributed by atoms with van der Waals surface area (Å²) in [5, 5.41) is 6.18. The van der Waals surface area contributed by atoms with E-state index in [4.69, 9.17) is 16.6 Å². The molecule has 1 aliphatic rings. The predicted molar refractivity (Wildman–Crippen MR) is 133 cm³/mol. The van der Waals surface area contributed by atoms with Gasteiger partial charge in [0, 0.05) is 22.2 Å². The van der Waals surface area contributed by atoms with Gasteiger partial charge in [-0.2, -0.15) is 0 Å². The molecule has 0 fully saturated rings. The maximum absolute atomic E-state index is 12.9. The first-order chi connectivity index (χ1) is 16.4. The molecule has 1 aliphatic heterocycles. The summed E-state index contributed by atoms with van der Waals surface area (Å²) < 4.78 is 0. The van der Waals surface area contributed by atoms with Crippen molar-refractivity contribution >= 4 is 46.3 Å². The lowest BCUT2D eigenvalue weighted by Crippen LogP contribution is -2.45. The van der Waals surface area contributed by atoms with Gasteiger partial charge in [-0.25, -0.2) is 4.98 Å². The van der Waals surface area contributed by atoms with Gasteiger partial charge in [0.05, 0.1) is 21.8 Å². The van der Waals surface area contributed by atoms with Crippen molar-refractivity contribution in [2.24, 2.45) is 0 Å². The Morgan fingerprint density at radius 2 is 1.59 bits per heavy atom. The lowest BCUT2D eigenvalue weighted by molar-refractivity contribution is -0.119. The average molecular weight is 488 g/mol. The van der Waals surface area contributed by atoms with Gasteiger partial charge in [0.2, 0.25) is 5.91 Å². The topological polar surface area (TPSA) is 79.4 Å². The van der Waals surface area contributed by atoms with Gasteiger partial charge < -0.3 is 5.32 Å². The van der Waals surface area contributed by atoms with Gasteiger partial charge in [0.1, 0.15) is 11.0 Å². The Balaban J connectivity index is 1.34. The van der Waals surface area contributed by atoms with Crippen molar-refractivity contribution < 1.29 is 14.4 Å². The fourth-order valence-corrected chi connectivity index (χ4v) is 4.99. The molecule has 168 valence electrons. The fraction of sp³-hybridized carbons (Fsp3) is 0.0769. The van der Waals surface area contributed by atoms with Crippen LogP contribution in [0.25, 0.3) is 21.8 Å². The summed E-state index contributed by atoms with van der Waals surface area (Å²) in [6, 6.07) is 20.4. The number of aromatic nitrogens is 1.